The summed E-state index contributed by atoms with van der Waals surface area (Å²) in [4.78, 5) is 15.6. The molecule has 3 unspecified atom stereocenters. The number of rotatable bonds is 21. The van der Waals surface area contributed by atoms with Crippen LogP contribution in [-0.2, 0) is 14.3 Å². The fourth-order valence-corrected chi connectivity index (χ4v) is 9.40. The van der Waals surface area contributed by atoms with Crippen LogP contribution in [0.5, 0.6) is 0 Å². The fraction of sp³-hybridized carbons (Fsp3) is 0.825. The summed E-state index contributed by atoms with van der Waals surface area (Å²) in [5.74, 6) is 2.30. The van der Waals surface area contributed by atoms with Gasteiger partial charge in [0.15, 0.2) is 5.76 Å². The zero-order valence-corrected chi connectivity index (χ0v) is 29.1. The predicted molar refractivity (Wildman–Crippen MR) is 183 cm³/mol. The van der Waals surface area contributed by atoms with E-state index in [1.807, 2.05) is 6.08 Å². The molecule has 1 N–H and O–H groups in total. The van der Waals surface area contributed by atoms with Gasteiger partial charge in [0.05, 0.1) is 11.0 Å². The summed E-state index contributed by atoms with van der Waals surface area (Å²) in [5, 5.41) is 12.4. The van der Waals surface area contributed by atoms with Gasteiger partial charge in [0.25, 0.3) is 0 Å². The maximum Gasteiger partial charge on any atom is 0.311 e. The number of carbonyl (C=O) groups is 1. The summed E-state index contributed by atoms with van der Waals surface area (Å²) in [6.07, 6.45) is 29.4. The van der Waals surface area contributed by atoms with Crippen LogP contribution in [0.2, 0.25) is 0 Å². The van der Waals surface area contributed by atoms with Crippen molar-refractivity contribution in [3.8, 4) is 0 Å². The summed E-state index contributed by atoms with van der Waals surface area (Å²) in [7, 11) is 0. The highest BCUT2D eigenvalue weighted by Gasteiger charge is 2.73. The second-order valence-electron chi connectivity index (χ2n) is 15.5. The largest absolute Gasteiger partial charge is 0.485 e. The van der Waals surface area contributed by atoms with Gasteiger partial charge in [0.1, 0.15) is 11.9 Å². The van der Waals surface area contributed by atoms with E-state index >= 15 is 0 Å². The van der Waals surface area contributed by atoms with Crippen LogP contribution >= 0.6 is 0 Å². The number of ether oxygens (including phenoxy) is 2. The molecule has 45 heavy (non-hydrogen) atoms. The Labute approximate surface area is 275 Å². The molecule has 5 aliphatic rings. The molecular weight excluding hydrogens is 558 g/mol. The van der Waals surface area contributed by atoms with Gasteiger partial charge in [-0.25, -0.2) is 0 Å². The third kappa shape index (κ3) is 7.77. The maximum atomic E-state index is 13.0. The van der Waals surface area contributed by atoms with Crippen LogP contribution in [0.15, 0.2) is 35.8 Å². The molecule has 1 spiro atoms. The molecule has 2 heterocycles. The van der Waals surface area contributed by atoms with E-state index in [9.17, 15) is 9.90 Å². The minimum Gasteiger partial charge on any atom is -0.485 e. The van der Waals surface area contributed by atoms with Crippen LogP contribution in [-0.4, -0.2) is 46.8 Å². The summed E-state index contributed by atoms with van der Waals surface area (Å²) in [6, 6.07) is 0.113. The summed E-state index contributed by atoms with van der Waals surface area (Å²) in [6.45, 7) is 13.0. The number of piperidine rings is 1. The highest BCUT2D eigenvalue weighted by Crippen LogP contribution is 2.67. The van der Waals surface area contributed by atoms with Crippen molar-refractivity contribution >= 4 is 5.97 Å². The second kappa shape index (κ2) is 16.0. The lowest BCUT2D eigenvalue weighted by atomic mass is 9.47. The van der Waals surface area contributed by atoms with Crippen LogP contribution in [0.3, 0.4) is 0 Å². The van der Waals surface area contributed by atoms with Gasteiger partial charge >= 0.3 is 5.97 Å². The van der Waals surface area contributed by atoms with Gasteiger partial charge in [-0.3, -0.25) is 9.69 Å². The first-order chi connectivity index (χ1) is 21.8. The Morgan fingerprint density at radius 1 is 0.978 bits per heavy atom. The number of esters is 1. The molecule has 2 aliphatic heterocycles. The van der Waals surface area contributed by atoms with Crippen molar-refractivity contribution in [3.05, 3.63) is 35.8 Å². The van der Waals surface area contributed by atoms with Gasteiger partial charge in [-0.2, -0.15) is 0 Å². The first kappa shape index (κ1) is 34.7. The number of fused-ring (bicyclic) bond motifs is 1. The zero-order chi connectivity index (χ0) is 31.9. The first-order valence-electron chi connectivity index (χ1n) is 19.3. The van der Waals surface area contributed by atoms with E-state index < -0.39 is 11.0 Å². The molecule has 2 bridgehead atoms. The maximum absolute atomic E-state index is 13.0. The highest BCUT2D eigenvalue weighted by atomic mass is 16.6. The molecule has 6 atom stereocenters. The normalized spacial score (nSPS) is 32.0. The van der Waals surface area contributed by atoms with Gasteiger partial charge in [0.2, 0.25) is 0 Å². The molecule has 5 rings (SSSR count). The number of carbonyl (C=O) groups excluding carboxylic acids is 1. The van der Waals surface area contributed by atoms with Crippen LogP contribution in [0.1, 0.15) is 156 Å². The minimum atomic E-state index is -0.903. The van der Waals surface area contributed by atoms with Crippen molar-refractivity contribution in [1.82, 2.24) is 4.90 Å². The molecule has 5 nitrogen and oxygen atoms in total. The van der Waals surface area contributed by atoms with Gasteiger partial charge < -0.3 is 14.6 Å². The topological polar surface area (TPSA) is 59.0 Å². The number of hydrogen-bond acceptors (Lipinski definition) is 5. The van der Waals surface area contributed by atoms with Crippen molar-refractivity contribution in [2.75, 3.05) is 13.1 Å². The molecular formula is C40H65NO4. The third-order valence-corrected chi connectivity index (χ3v) is 12.3. The molecule has 2 saturated heterocycles. The van der Waals surface area contributed by atoms with Crippen LogP contribution in [0, 0.1) is 23.2 Å². The molecule has 0 aromatic rings. The number of unbranched alkanes of at least 4 members (excludes halogenated alkanes) is 14. The van der Waals surface area contributed by atoms with E-state index in [1.165, 1.54) is 96.3 Å². The fourth-order valence-electron chi connectivity index (χ4n) is 9.40. The van der Waals surface area contributed by atoms with Crippen LogP contribution < -0.4 is 0 Å². The lowest BCUT2D eigenvalue weighted by Gasteiger charge is -2.63. The van der Waals surface area contributed by atoms with E-state index in [2.05, 4.69) is 38.3 Å². The minimum absolute atomic E-state index is 0.0266. The average Bonchev–Trinajstić information content (AvgIpc) is 3.77. The van der Waals surface area contributed by atoms with E-state index in [0.717, 1.165) is 62.4 Å². The van der Waals surface area contributed by atoms with Crippen LogP contribution in [0.4, 0.5) is 0 Å². The quantitative estimate of drug-likeness (QED) is 0.0783. The van der Waals surface area contributed by atoms with E-state index in [-0.39, 0.29) is 30.0 Å². The molecule has 0 aromatic heterocycles. The zero-order valence-electron chi connectivity index (χ0n) is 29.1. The van der Waals surface area contributed by atoms with Crippen molar-refractivity contribution in [2.45, 2.75) is 173 Å². The standard InChI is InChI=1S/C40H65NO4/c1-5-7-8-9-10-11-12-13-14-15-16-17-18-19-20-21-35(42)44-33-25-24-32-28-34-39(4,43)40(26-27-41(34)29-31-22-23-31)36(32)37(33)45-38(40)30(3)6-2/h24-25,31-32,34,36,38,43H,3,5-23,26-29H2,1-2,4H3/t32?,34?,36?,38-,39+,40-/m0/s1. The van der Waals surface area contributed by atoms with Gasteiger partial charge in [-0.05, 0) is 75.5 Å². The molecule has 254 valence electrons. The number of aliphatic hydroxyl groups is 1. The Kier molecular flexibility index (Phi) is 12.4. The third-order valence-electron chi connectivity index (χ3n) is 12.3. The summed E-state index contributed by atoms with van der Waals surface area (Å²) in [5.41, 5.74) is -0.310. The summed E-state index contributed by atoms with van der Waals surface area (Å²) >= 11 is 0. The molecule has 3 aliphatic carbocycles. The highest BCUT2D eigenvalue weighted by molar-refractivity contribution is 5.71. The van der Waals surface area contributed by atoms with Crippen LogP contribution in [0.25, 0.3) is 0 Å². The van der Waals surface area contributed by atoms with E-state index in [1.54, 1.807) is 0 Å². The van der Waals surface area contributed by atoms with E-state index in [0.29, 0.717) is 12.2 Å². The molecule has 0 amide bonds. The molecule has 0 radical (unpaired) electrons. The Bertz CT molecular complexity index is 1060. The van der Waals surface area contributed by atoms with Crippen molar-refractivity contribution in [1.29, 1.82) is 0 Å². The SMILES string of the molecule is C=C(CC)[C@@H]1OC2=C(OC(=O)CCCCCCCCCCCCCCCCC)C=CC3CC4N(CC5CC5)CC[C@@]1(C23)[C@]4(C)O. The number of allylic oxidation sites excluding steroid dienone is 3. The second-order valence-corrected chi connectivity index (χ2v) is 15.5. The molecule has 5 heteroatoms. The lowest BCUT2D eigenvalue weighted by Crippen LogP contribution is -2.73. The van der Waals surface area contributed by atoms with Crippen molar-refractivity contribution in [2.24, 2.45) is 23.2 Å². The Morgan fingerprint density at radius 2 is 1.58 bits per heavy atom. The number of nitrogens with zero attached hydrogens (tertiary/aromatic N) is 1. The number of hydrogen-bond donors (Lipinski definition) is 1. The van der Waals surface area contributed by atoms with Crippen molar-refractivity contribution < 1.29 is 19.4 Å². The lowest BCUT2D eigenvalue weighted by molar-refractivity contribution is -0.218. The molecule has 0 aromatic carbocycles. The van der Waals surface area contributed by atoms with Crippen molar-refractivity contribution in [3.63, 3.8) is 0 Å². The molecule has 2 saturated carbocycles. The number of likely N-dealkylation sites (tertiary alicyclic amines) is 1. The average molecular weight is 624 g/mol. The smallest absolute Gasteiger partial charge is 0.311 e. The van der Waals surface area contributed by atoms with Gasteiger partial charge in [0, 0.05) is 24.9 Å². The van der Waals surface area contributed by atoms with Gasteiger partial charge in [-0.1, -0.05) is 116 Å². The predicted octanol–water partition coefficient (Wildman–Crippen LogP) is 9.80. The summed E-state index contributed by atoms with van der Waals surface area (Å²) < 4.78 is 12.8. The molecule has 4 fully saturated rings. The monoisotopic (exact) mass is 623 g/mol. The Morgan fingerprint density at radius 3 is 2.16 bits per heavy atom. The Balaban J connectivity index is 1.07. The van der Waals surface area contributed by atoms with Gasteiger partial charge in [-0.15, -0.1) is 0 Å². The van der Waals surface area contributed by atoms with E-state index in [4.69, 9.17) is 9.47 Å². The Hall–Kier alpha value is -1.59. The first-order valence-corrected chi connectivity index (χ1v) is 19.3.